The van der Waals surface area contributed by atoms with Crippen molar-refractivity contribution in [3.63, 3.8) is 0 Å². The summed E-state index contributed by atoms with van der Waals surface area (Å²) in [7, 11) is 3.09. The number of ketones is 1. The lowest BCUT2D eigenvalue weighted by atomic mass is 10.1. The molecule has 0 spiro atoms. The topological polar surface area (TPSA) is 35.5 Å². The fourth-order valence-corrected chi connectivity index (χ4v) is 1.69. The van der Waals surface area contributed by atoms with E-state index in [9.17, 15) is 4.79 Å². The molecule has 1 aromatic rings. The Kier molecular flexibility index (Phi) is 4.04. The Morgan fingerprint density at radius 3 is 2.37 bits per heavy atom. The van der Waals surface area contributed by atoms with E-state index in [1.807, 2.05) is 18.2 Å². The van der Waals surface area contributed by atoms with Gasteiger partial charge in [0.15, 0.2) is 0 Å². The summed E-state index contributed by atoms with van der Waals surface area (Å²) in [5, 5.41) is 0. The van der Waals surface area contributed by atoms with E-state index in [1.165, 1.54) is 0 Å². The van der Waals surface area contributed by atoms with Gasteiger partial charge in [-0.1, -0.05) is 24.1 Å². The number of rotatable bonds is 3. The molecule has 3 nitrogen and oxygen atoms in total. The third-order valence-electron chi connectivity index (χ3n) is 2.72. The molecule has 1 aromatic carbocycles. The number of carbonyl (C=O) groups is 1. The normalized spacial score (nSPS) is 12.4. The zero-order valence-corrected chi connectivity index (χ0v) is 10.9. The number of carbonyl (C=O) groups excluding carboxylic acids is 1. The molecule has 0 fully saturated rings. The molecule has 0 saturated carbocycles. The second kappa shape index (κ2) is 5.92. The largest absolute Gasteiger partial charge is 0.497 e. The third-order valence-corrected chi connectivity index (χ3v) is 2.72. The number of benzene rings is 1. The first-order valence-corrected chi connectivity index (χ1v) is 5.88. The predicted octanol–water partition coefficient (Wildman–Crippen LogP) is 2.78. The fraction of sp³-hybridized carbons (Fsp3) is 0.188. The van der Waals surface area contributed by atoms with Gasteiger partial charge in [0.2, 0.25) is 5.78 Å². The quantitative estimate of drug-likeness (QED) is 0.472. The molecule has 3 heteroatoms. The Morgan fingerprint density at radius 2 is 1.84 bits per heavy atom. The van der Waals surface area contributed by atoms with Gasteiger partial charge in [-0.3, -0.25) is 4.79 Å². The average molecular weight is 254 g/mol. The Morgan fingerprint density at radius 1 is 1.16 bits per heavy atom. The van der Waals surface area contributed by atoms with Crippen molar-refractivity contribution in [3.05, 3.63) is 47.6 Å². The Bertz CT molecular complexity index is 590. The minimum absolute atomic E-state index is 0.245. The second-order valence-electron chi connectivity index (χ2n) is 4.00. The lowest BCUT2D eigenvalue weighted by Gasteiger charge is -2.05. The van der Waals surface area contributed by atoms with E-state index in [0.29, 0.717) is 17.1 Å². The number of hydrogen-bond acceptors (Lipinski definition) is 3. The van der Waals surface area contributed by atoms with Crippen molar-refractivity contribution in [2.45, 2.75) is 6.42 Å². The van der Waals surface area contributed by atoms with E-state index in [2.05, 4.69) is 11.8 Å². The first-order valence-electron chi connectivity index (χ1n) is 5.88. The van der Waals surface area contributed by atoms with Crippen LogP contribution in [0, 0.1) is 11.8 Å². The van der Waals surface area contributed by atoms with Crippen molar-refractivity contribution in [2.24, 2.45) is 0 Å². The Labute approximate surface area is 112 Å². The third kappa shape index (κ3) is 3.26. The van der Waals surface area contributed by atoms with Crippen LogP contribution >= 0.6 is 0 Å². The summed E-state index contributed by atoms with van der Waals surface area (Å²) in [5.41, 5.74) is 1.42. The number of allylic oxidation sites excluding steroid dienone is 4. The molecule has 0 atom stereocenters. The summed E-state index contributed by atoms with van der Waals surface area (Å²) in [6.07, 6.45) is 6.64. The number of Topliss-reactive ketones (excluding diaryl/α,β-unsaturated/α-hetero) is 1. The Hall–Kier alpha value is -2.47. The summed E-state index contributed by atoms with van der Waals surface area (Å²) in [5.74, 6) is 6.41. The molecular formula is C16H14O3. The van der Waals surface area contributed by atoms with Gasteiger partial charge in [-0.2, -0.15) is 0 Å². The predicted molar refractivity (Wildman–Crippen MR) is 73.5 cm³/mol. The molecule has 0 bridgehead atoms. The zero-order chi connectivity index (χ0) is 13.7. The maximum Gasteiger partial charge on any atom is 0.236 e. The SMILES string of the molecule is COc1cc(OC)cc(C(=O)C#CC2=CC=CC2)c1. The number of ether oxygens (including phenoxy) is 2. The first-order chi connectivity index (χ1) is 9.22. The van der Waals surface area contributed by atoms with Crippen molar-refractivity contribution in [2.75, 3.05) is 14.2 Å². The average Bonchev–Trinajstić information content (AvgIpc) is 2.97. The van der Waals surface area contributed by atoms with Crippen molar-refractivity contribution in [3.8, 4) is 23.3 Å². The van der Waals surface area contributed by atoms with Gasteiger partial charge in [-0.15, -0.1) is 0 Å². The van der Waals surface area contributed by atoms with Crippen molar-refractivity contribution in [1.82, 2.24) is 0 Å². The highest BCUT2D eigenvalue weighted by Crippen LogP contribution is 2.22. The second-order valence-corrected chi connectivity index (χ2v) is 4.00. The van der Waals surface area contributed by atoms with Gasteiger partial charge in [-0.05, 0) is 24.5 Å². The van der Waals surface area contributed by atoms with Crippen LogP contribution in [0.3, 0.4) is 0 Å². The molecule has 0 aliphatic heterocycles. The van der Waals surface area contributed by atoms with Crippen LogP contribution < -0.4 is 9.47 Å². The highest BCUT2D eigenvalue weighted by atomic mass is 16.5. The first kappa shape index (κ1) is 13.0. The molecule has 0 heterocycles. The summed E-state index contributed by atoms with van der Waals surface area (Å²) in [6, 6.07) is 5.02. The highest BCUT2D eigenvalue weighted by Gasteiger charge is 2.07. The van der Waals surface area contributed by atoms with Gasteiger partial charge in [0.1, 0.15) is 11.5 Å². The van der Waals surface area contributed by atoms with E-state index < -0.39 is 0 Å². The molecule has 0 unspecified atom stereocenters. The summed E-state index contributed by atoms with van der Waals surface area (Å²) in [4.78, 5) is 12.0. The lowest BCUT2D eigenvalue weighted by Crippen LogP contribution is -1.98. The minimum atomic E-state index is -0.245. The van der Waals surface area contributed by atoms with E-state index in [1.54, 1.807) is 32.4 Å². The van der Waals surface area contributed by atoms with E-state index in [0.717, 1.165) is 12.0 Å². The zero-order valence-electron chi connectivity index (χ0n) is 10.9. The molecule has 0 saturated heterocycles. The van der Waals surface area contributed by atoms with Gasteiger partial charge >= 0.3 is 0 Å². The standard InChI is InChI=1S/C16H14O3/c1-18-14-9-13(10-15(11-14)19-2)16(17)8-7-12-5-3-4-6-12/h3-5,9-11H,6H2,1-2H3. The van der Waals surface area contributed by atoms with Crippen LogP contribution in [-0.2, 0) is 0 Å². The van der Waals surface area contributed by atoms with Crippen LogP contribution in [0.15, 0.2) is 42.0 Å². The fourth-order valence-electron chi connectivity index (χ4n) is 1.69. The molecular weight excluding hydrogens is 240 g/mol. The van der Waals surface area contributed by atoms with Crippen LogP contribution in [0.5, 0.6) is 11.5 Å². The van der Waals surface area contributed by atoms with Gasteiger partial charge < -0.3 is 9.47 Å². The molecule has 0 N–H and O–H groups in total. The molecule has 2 rings (SSSR count). The van der Waals surface area contributed by atoms with Gasteiger partial charge in [0.25, 0.3) is 0 Å². The van der Waals surface area contributed by atoms with Crippen LogP contribution in [0.4, 0.5) is 0 Å². The van der Waals surface area contributed by atoms with Crippen LogP contribution in [-0.4, -0.2) is 20.0 Å². The Balaban J connectivity index is 2.23. The van der Waals surface area contributed by atoms with Gasteiger partial charge in [0.05, 0.1) is 14.2 Å². The molecule has 96 valence electrons. The molecule has 1 aliphatic rings. The number of methoxy groups -OCH3 is 2. The monoisotopic (exact) mass is 254 g/mol. The van der Waals surface area contributed by atoms with Gasteiger partial charge in [-0.25, -0.2) is 0 Å². The molecule has 0 radical (unpaired) electrons. The van der Waals surface area contributed by atoms with E-state index in [4.69, 9.17) is 9.47 Å². The van der Waals surface area contributed by atoms with Crippen LogP contribution in [0.25, 0.3) is 0 Å². The highest BCUT2D eigenvalue weighted by molar-refractivity contribution is 6.09. The summed E-state index contributed by atoms with van der Waals surface area (Å²) >= 11 is 0. The van der Waals surface area contributed by atoms with E-state index >= 15 is 0 Å². The van der Waals surface area contributed by atoms with Crippen LogP contribution in [0.2, 0.25) is 0 Å². The maximum atomic E-state index is 12.0. The van der Waals surface area contributed by atoms with Crippen molar-refractivity contribution >= 4 is 5.78 Å². The molecule has 0 aromatic heterocycles. The van der Waals surface area contributed by atoms with E-state index in [-0.39, 0.29) is 5.78 Å². The maximum absolute atomic E-state index is 12.0. The molecule has 19 heavy (non-hydrogen) atoms. The van der Waals surface area contributed by atoms with Crippen molar-refractivity contribution < 1.29 is 14.3 Å². The summed E-state index contributed by atoms with van der Waals surface area (Å²) in [6.45, 7) is 0. The molecule has 1 aliphatic carbocycles. The summed E-state index contributed by atoms with van der Waals surface area (Å²) < 4.78 is 10.2. The van der Waals surface area contributed by atoms with Crippen LogP contribution in [0.1, 0.15) is 16.8 Å². The van der Waals surface area contributed by atoms with Gasteiger partial charge in [0, 0.05) is 17.2 Å². The minimum Gasteiger partial charge on any atom is -0.497 e. The number of hydrogen-bond donors (Lipinski definition) is 0. The lowest BCUT2D eigenvalue weighted by molar-refractivity contribution is 0.105. The van der Waals surface area contributed by atoms with Crippen molar-refractivity contribution in [1.29, 1.82) is 0 Å². The molecule has 0 amide bonds. The smallest absolute Gasteiger partial charge is 0.236 e.